The lowest BCUT2D eigenvalue weighted by atomic mass is 9.87. The third-order valence-corrected chi connectivity index (χ3v) is 3.63. The van der Waals surface area contributed by atoms with Gasteiger partial charge in [0, 0.05) is 22.4 Å². The second-order valence-corrected chi connectivity index (χ2v) is 4.62. The zero-order valence-corrected chi connectivity index (χ0v) is 10.5. The first-order chi connectivity index (χ1) is 7.97. The minimum Gasteiger partial charge on any atom is -0.508 e. The number of allylic oxidation sites excluding steroid dienone is 1. The number of hydrogen-bond donors (Lipinski definition) is 3. The highest BCUT2D eigenvalue weighted by Crippen LogP contribution is 2.33. The molecule has 17 heavy (non-hydrogen) atoms. The topological polar surface area (TPSA) is 58.3 Å². The molecule has 0 radical (unpaired) electrons. The summed E-state index contributed by atoms with van der Waals surface area (Å²) >= 11 is 6.10. The van der Waals surface area contributed by atoms with Crippen LogP contribution in [0.4, 0.5) is 0 Å². The summed E-state index contributed by atoms with van der Waals surface area (Å²) in [4.78, 5) is 0. The standard InChI is InChI=1S/C13H15ClN2O/c1-8-10(4-3-5-11(8)14)13(15)9(2)12(17)6-7-16-13/h3-7,16-17H,15H2,1-2H3. The predicted molar refractivity (Wildman–Crippen MR) is 69.7 cm³/mol. The Morgan fingerprint density at radius 1 is 1.35 bits per heavy atom. The van der Waals surface area contributed by atoms with Gasteiger partial charge in [-0.05, 0) is 31.6 Å². The molecule has 0 saturated carbocycles. The maximum absolute atomic E-state index is 9.77. The van der Waals surface area contributed by atoms with E-state index in [9.17, 15) is 5.11 Å². The van der Waals surface area contributed by atoms with Gasteiger partial charge < -0.3 is 16.2 Å². The molecule has 0 aromatic heterocycles. The Hall–Kier alpha value is -1.45. The Balaban J connectivity index is 2.61. The van der Waals surface area contributed by atoms with E-state index in [1.807, 2.05) is 25.1 Å². The van der Waals surface area contributed by atoms with Crippen molar-refractivity contribution in [1.82, 2.24) is 5.32 Å². The van der Waals surface area contributed by atoms with Crippen molar-refractivity contribution in [3.05, 3.63) is 58.0 Å². The van der Waals surface area contributed by atoms with Crippen molar-refractivity contribution in [2.24, 2.45) is 5.73 Å². The number of rotatable bonds is 1. The van der Waals surface area contributed by atoms with Gasteiger partial charge in [0.25, 0.3) is 0 Å². The predicted octanol–water partition coefficient (Wildman–Crippen LogP) is 2.71. The van der Waals surface area contributed by atoms with Crippen LogP contribution in [0.3, 0.4) is 0 Å². The lowest BCUT2D eigenvalue weighted by Gasteiger charge is -2.35. The number of benzene rings is 1. The van der Waals surface area contributed by atoms with E-state index in [4.69, 9.17) is 17.3 Å². The molecule has 1 aromatic carbocycles. The summed E-state index contributed by atoms with van der Waals surface area (Å²) in [5.74, 6) is 0.186. The molecule has 4 heteroatoms. The number of hydrogen-bond acceptors (Lipinski definition) is 3. The Morgan fingerprint density at radius 2 is 2.06 bits per heavy atom. The van der Waals surface area contributed by atoms with Gasteiger partial charge in [-0.25, -0.2) is 0 Å². The van der Waals surface area contributed by atoms with Crippen LogP contribution in [0.25, 0.3) is 0 Å². The van der Waals surface area contributed by atoms with Crippen LogP contribution in [0.15, 0.2) is 41.8 Å². The van der Waals surface area contributed by atoms with Gasteiger partial charge in [0.2, 0.25) is 0 Å². The molecular formula is C13H15ClN2O. The van der Waals surface area contributed by atoms with Crippen molar-refractivity contribution in [3.63, 3.8) is 0 Å². The van der Waals surface area contributed by atoms with Gasteiger partial charge in [-0.1, -0.05) is 23.7 Å². The van der Waals surface area contributed by atoms with E-state index in [2.05, 4.69) is 5.32 Å². The van der Waals surface area contributed by atoms with Crippen molar-refractivity contribution < 1.29 is 5.11 Å². The highest BCUT2D eigenvalue weighted by atomic mass is 35.5. The third-order valence-electron chi connectivity index (χ3n) is 3.22. The number of halogens is 1. The van der Waals surface area contributed by atoms with Gasteiger partial charge in [-0.2, -0.15) is 0 Å². The molecule has 90 valence electrons. The molecule has 0 amide bonds. The van der Waals surface area contributed by atoms with Crippen molar-refractivity contribution in [3.8, 4) is 0 Å². The first-order valence-corrected chi connectivity index (χ1v) is 5.73. The van der Waals surface area contributed by atoms with Gasteiger partial charge in [0.1, 0.15) is 11.4 Å². The largest absolute Gasteiger partial charge is 0.508 e. The van der Waals surface area contributed by atoms with E-state index >= 15 is 0 Å². The summed E-state index contributed by atoms with van der Waals surface area (Å²) in [6, 6.07) is 5.58. The van der Waals surface area contributed by atoms with Crippen LogP contribution in [0.5, 0.6) is 0 Å². The summed E-state index contributed by atoms with van der Waals surface area (Å²) < 4.78 is 0. The first kappa shape index (κ1) is 12.0. The fraction of sp³-hybridized carbons (Fsp3) is 0.231. The Morgan fingerprint density at radius 3 is 2.76 bits per heavy atom. The smallest absolute Gasteiger partial charge is 0.138 e. The molecule has 2 rings (SSSR count). The number of aliphatic hydroxyl groups is 1. The summed E-state index contributed by atoms with van der Waals surface area (Å²) in [5.41, 5.74) is 7.88. The number of aliphatic hydroxyl groups excluding tert-OH is 1. The number of nitrogens with two attached hydrogens (primary N) is 1. The van der Waals surface area contributed by atoms with Crippen LogP contribution in [0, 0.1) is 6.92 Å². The molecular weight excluding hydrogens is 236 g/mol. The summed E-state index contributed by atoms with van der Waals surface area (Å²) in [7, 11) is 0. The van der Waals surface area contributed by atoms with E-state index in [1.165, 1.54) is 0 Å². The molecule has 0 saturated heterocycles. The summed E-state index contributed by atoms with van der Waals surface area (Å²) in [6.45, 7) is 3.71. The van der Waals surface area contributed by atoms with Crippen molar-refractivity contribution >= 4 is 11.6 Å². The van der Waals surface area contributed by atoms with Crippen LogP contribution >= 0.6 is 11.6 Å². The van der Waals surface area contributed by atoms with Crippen molar-refractivity contribution in [2.75, 3.05) is 0 Å². The van der Waals surface area contributed by atoms with E-state index in [-0.39, 0.29) is 5.76 Å². The molecule has 1 unspecified atom stereocenters. The molecule has 0 fully saturated rings. The molecule has 1 aromatic rings. The number of nitrogens with one attached hydrogen (secondary N) is 1. The van der Waals surface area contributed by atoms with Crippen LogP contribution in [-0.4, -0.2) is 5.11 Å². The van der Waals surface area contributed by atoms with Gasteiger partial charge in [-0.15, -0.1) is 0 Å². The van der Waals surface area contributed by atoms with Gasteiger partial charge >= 0.3 is 0 Å². The van der Waals surface area contributed by atoms with Crippen LogP contribution in [0.2, 0.25) is 5.02 Å². The third kappa shape index (κ3) is 1.81. The van der Waals surface area contributed by atoms with E-state index in [0.29, 0.717) is 10.6 Å². The number of dihydropyridines is 1. The maximum Gasteiger partial charge on any atom is 0.138 e. The zero-order chi connectivity index (χ0) is 12.6. The van der Waals surface area contributed by atoms with Crippen LogP contribution < -0.4 is 11.1 Å². The minimum absolute atomic E-state index is 0.186. The highest BCUT2D eigenvalue weighted by molar-refractivity contribution is 6.31. The molecule has 4 N–H and O–H groups in total. The Labute approximate surface area is 106 Å². The van der Waals surface area contributed by atoms with E-state index in [0.717, 1.165) is 11.1 Å². The average Bonchev–Trinajstić information content (AvgIpc) is 2.29. The lowest BCUT2D eigenvalue weighted by molar-refractivity contribution is 0.371. The van der Waals surface area contributed by atoms with Gasteiger partial charge in [0.05, 0.1) is 0 Å². The normalized spacial score (nSPS) is 23.8. The second-order valence-electron chi connectivity index (χ2n) is 4.21. The SMILES string of the molecule is CC1=C(O)C=CNC1(N)c1cccc(Cl)c1C. The van der Waals surface area contributed by atoms with Crippen LogP contribution in [-0.2, 0) is 5.66 Å². The fourth-order valence-corrected chi connectivity index (χ4v) is 2.18. The fourth-order valence-electron chi connectivity index (χ4n) is 2.00. The average molecular weight is 251 g/mol. The van der Waals surface area contributed by atoms with Crippen molar-refractivity contribution in [2.45, 2.75) is 19.5 Å². The molecule has 1 aliphatic rings. The summed E-state index contributed by atoms with van der Waals surface area (Å²) in [6.07, 6.45) is 3.23. The molecule has 1 atom stereocenters. The molecule has 3 nitrogen and oxygen atoms in total. The molecule has 0 aliphatic carbocycles. The summed E-state index contributed by atoms with van der Waals surface area (Å²) in [5, 5.41) is 13.5. The monoisotopic (exact) mass is 250 g/mol. The van der Waals surface area contributed by atoms with E-state index in [1.54, 1.807) is 19.2 Å². The lowest BCUT2D eigenvalue weighted by Crippen LogP contribution is -2.51. The molecule has 1 heterocycles. The minimum atomic E-state index is -0.909. The molecule has 0 spiro atoms. The first-order valence-electron chi connectivity index (χ1n) is 5.36. The second kappa shape index (κ2) is 4.09. The maximum atomic E-state index is 9.77. The highest BCUT2D eigenvalue weighted by Gasteiger charge is 2.33. The van der Waals surface area contributed by atoms with E-state index < -0.39 is 5.66 Å². The molecule has 1 aliphatic heterocycles. The zero-order valence-electron chi connectivity index (χ0n) is 9.79. The van der Waals surface area contributed by atoms with Crippen molar-refractivity contribution in [1.29, 1.82) is 0 Å². The molecule has 0 bridgehead atoms. The van der Waals surface area contributed by atoms with Gasteiger partial charge in [0.15, 0.2) is 0 Å². The Bertz CT molecular complexity index is 522. The van der Waals surface area contributed by atoms with Crippen LogP contribution in [0.1, 0.15) is 18.1 Å². The Kier molecular flexibility index (Phi) is 2.89. The quantitative estimate of drug-likeness (QED) is 0.718. The van der Waals surface area contributed by atoms with Gasteiger partial charge in [-0.3, -0.25) is 0 Å².